The molecule has 0 bridgehead atoms. The van der Waals surface area contributed by atoms with Crippen molar-refractivity contribution in [2.24, 2.45) is 0 Å². The van der Waals surface area contributed by atoms with Gasteiger partial charge in [0, 0.05) is 23.3 Å². The molecule has 2 aliphatic rings. The third-order valence-corrected chi connectivity index (χ3v) is 5.10. The molecule has 4 rings (SSSR count). The summed E-state index contributed by atoms with van der Waals surface area (Å²) in [6.45, 7) is 3.70. The predicted octanol–water partition coefficient (Wildman–Crippen LogP) is 3.50. The maximum Gasteiger partial charge on any atom is 0.254 e. The van der Waals surface area contributed by atoms with Crippen molar-refractivity contribution in [2.45, 2.75) is 64.1 Å². The lowest BCUT2D eigenvalue weighted by Crippen LogP contribution is -2.44. The minimum Gasteiger partial charge on any atom is -0.488 e. The molecule has 1 saturated carbocycles. The zero-order chi connectivity index (χ0) is 18.3. The quantitative estimate of drug-likeness (QED) is 0.891. The summed E-state index contributed by atoms with van der Waals surface area (Å²) >= 11 is 0. The summed E-state index contributed by atoms with van der Waals surface area (Å²) in [6, 6.07) is 4.96. The number of carbonyl (C=O) groups is 1. The van der Waals surface area contributed by atoms with Gasteiger partial charge in [0.05, 0.1) is 12.3 Å². The summed E-state index contributed by atoms with van der Waals surface area (Å²) in [5.74, 6) is -0.379. The molecule has 1 atom stereocenters. The van der Waals surface area contributed by atoms with Crippen LogP contribution in [0.1, 0.15) is 54.7 Å². The highest BCUT2D eigenvalue weighted by molar-refractivity contribution is 5.95. The topological polar surface area (TPSA) is 58.2 Å². The maximum atomic E-state index is 14.3. The minimum atomic E-state index is -0.485. The lowest BCUT2D eigenvalue weighted by molar-refractivity contribution is 0.0642. The standard InChI is InChI=1S/C20H24FN3O2/c1-12(2)26-19-8-3-13(10-17(19)21)20(25)24(15-4-5-15)16-6-7-18-14(9-16)11-22-23-18/h3,8,10-12,15-16H,4-7,9H2,1-2H3,(H,22,23). The minimum absolute atomic E-state index is 0.0839. The van der Waals surface area contributed by atoms with Crippen LogP contribution in [-0.4, -0.2) is 39.2 Å². The van der Waals surface area contributed by atoms with E-state index in [0.29, 0.717) is 5.56 Å². The number of fused-ring (bicyclic) bond motifs is 1. The number of benzene rings is 1. The molecule has 0 radical (unpaired) electrons. The van der Waals surface area contributed by atoms with E-state index in [-0.39, 0.29) is 29.8 Å². The van der Waals surface area contributed by atoms with Gasteiger partial charge in [-0.15, -0.1) is 0 Å². The van der Waals surface area contributed by atoms with Crippen LogP contribution in [0.25, 0.3) is 0 Å². The average Bonchev–Trinajstić information content (AvgIpc) is 3.32. The number of halogens is 1. The molecule has 1 unspecified atom stereocenters. The maximum absolute atomic E-state index is 14.3. The van der Waals surface area contributed by atoms with E-state index in [2.05, 4.69) is 10.2 Å². The van der Waals surface area contributed by atoms with Crippen LogP contribution in [0.5, 0.6) is 5.75 Å². The van der Waals surface area contributed by atoms with Crippen LogP contribution in [0.3, 0.4) is 0 Å². The van der Waals surface area contributed by atoms with Crippen LogP contribution in [0.4, 0.5) is 4.39 Å². The zero-order valence-electron chi connectivity index (χ0n) is 15.2. The fourth-order valence-corrected chi connectivity index (χ4v) is 3.75. The number of aromatic nitrogens is 2. The molecule has 0 spiro atoms. The summed E-state index contributed by atoms with van der Waals surface area (Å²) in [7, 11) is 0. The van der Waals surface area contributed by atoms with Gasteiger partial charge in [-0.05, 0) is 69.7 Å². The molecule has 0 saturated heterocycles. The fourth-order valence-electron chi connectivity index (χ4n) is 3.75. The zero-order valence-corrected chi connectivity index (χ0v) is 15.2. The molecule has 5 nitrogen and oxygen atoms in total. The fraction of sp³-hybridized carbons (Fsp3) is 0.500. The van der Waals surface area contributed by atoms with Crippen molar-refractivity contribution in [3.8, 4) is 5.75 Å². The van der Waals surface area contributed by atoms with Gasteiger partial charge in [-0.25, -0.2) is 4.39 Å². The van der Waals surface area contributed by atoms with Gasteiger partial charge in [-0.3, -0.25) is 9.89 Å². The molecule has 1 fully saturated rings. The molecule has 6 heteroatoms. The highest BCUT2D eigenvalue weighted by Crippen LogP contribution is 2.35. The lowest BCUT2D eigenvalue weighted by Gasteiger charge is -2.34. The van der Waals surface area contributed by atoms with Crippen molar-refractivity contribution in [3.63, 3.8) is 0 Å². The highest BCUT2D eigenvalue weighted by atomic mass is 19.1. The predicted molar refractivity (Wildman–Crippen MR) is 95.8 cm³/mol. The van der Waals surface area contributed by atoms with E-state index in [1.807, 2.05) is 24.9 Å². The molecule has 1 N–H and O–H groups in total. The van der Waals surface area contributed by atoms with Crippen LogP contribution in [0.2, 0.25) is 0 Å². The van der Waals surface area contributed by atoms with Gasteiger partial charge in [0.15, 0.2) is 11.6 Å². The molecule has 1 heterocycles. The number of amides is 1. The molecule has 138 valence electrons. The molecule has 1 aromatic heterocycles. The summed E-state index contributed by atoms with van der Waals surface area (Å²) in [4.78, 5) is 15.1. The molecule has 2 aromatic rings. The second-order valence-electron chi connectivity index (χ2n) is 7.53. The number of rotatable bonds is 5. The Hall–Kier alpha value is -2.37. The van der Waals surface area contributed by atoms with E-state index in [4.69, 9.17) is 4.74 Å². The largest absolute Gasteiger partial charge is 0.488 e. The van der Waals surface area contributed by atoms with E-state index >= 15 is 0 Å². The Balaban J connectivity index is 1.56. The van der Waals surface area contributed by atoms with Gasteiger partial charge in [0.25, 0.3) is 5.91 Å². The number of ether oxygens (including phenoxy) is 1. The first-order valence-electron chi connectivity index (χ1n) is 9.33. The van der Waals surface area contributed by atoms with Gasteiger partial charge in [0.2, 0.25) is 0 Å². The summed E-state index contributed by atoms with van der Waals surface area (Å²) < 4.78 is 19.8. The summed E-state index contributed by atoms with van der Waals surface area (Å²) in [5, 5.41) is 7.15. The van der Waals surface area contributed by atoms with Gasteiger partial charge in [0.1, 0.15) is 0 Å². The van der Waals surface area contributed by atoms with Crippen molar-refractivity contribution in [1.82, 2.24) is 15.1 Å². The Morgan fingerprint density at radius 1 is 1.31 bits per heavy atom. The second-order valence-corrected chi connectivity index (χ2v) is 7.53. The molecular weight excluding hydrogens is 333 g/mol. The number of aryl methyl sites for hydroxylation is 1. The van der Waals surface area contributed by atoms with Gasteiger partial charge < -0.3 is 9.64 Å². The van der Waals surface area contributed by atoms with E-state index < -0.39 is 5.82 Å². The van der Waals surface area contributed by atoms with E-state index in [1.54, 1.807) is 12.1 Å². The molecule has 1 amide bonds. The second kappa shape index (κ2) is 6.74. The number of nitrogens with zero attached hydrogens (tertiary/aromatic N) is 2. The number of carbonyl (C=O) groups excluding carboxylic acids is 1. The monoisotopic (exact) mass is 357 g/mol. The third kappa shape index (κ3) is 3.32. The van der Waals surface area contributed by atoms with Crippen LogP contribution in [-0.2, 0) is 12.8 Å². The molecule has 0 aliphatic heterocycles. The number of nitrogens with one attached hydrogen (secondary N) is 1. The Labute approximate surface area is 152 Å². The van der Waals surface area contributed by atoms with Crippen molar-refractivity contribution < 1.29 is 13.9 Å². The number of hydrogen-bond donors (Lipinski definition) is 1. The number of H-pyrrole nitrogens is 1. The van der Waals surface area contributed by atoms with E-state index in [1.165, 1.54) is 17.3 Å². The molecule has 26 heavy (non-hydrogen) atoms. The highest BCUT2D eigenvalue weighted by Gasteiger charge is 2.39. The normalized spacial score (nSPS) is 19.3. The van der Waals surface area contributed by atoms with Crippen LogP contribution in [0, 0.1) is 5.82 Å². The van der Waals surface area contributed by atoms with Crippen molar-refractivity contribution in [3.05, 3.63) is 47.0 Å². The number of aromatic amines is 1. The summed E-state index contributed by atoms with van der Waals surface area (Å²) in [6.07, 6.45) is 6.41. The van der Waals surface area contributed by atoms with Crippen LogP contribution >= 0.6 is 0 Å². The summed E-state index contributed by atoms with van der Waals surface area (Å²) in [5.41, 5.74) is 2.75. The Morgan fingerprint density at radius 3 is 2.81 bits per heavy atom. The van der Waals surface area contributed by atoms with E-state index in [0.717, 1.165) is 32.1 Å². The molecule has 1 aromatic carbocycles. The van der Waals surface area contributed by atoms with Gasteiger partial charge in [-0.2, -0.15) is 5.10 Å². The lowest BCUT2D eigenvalue weighted by atomic mass is 9.91. The first kappa shape index (κ1) is 17.1. The third-order valence-electron chi connectivity index (χ3n) is 5.10. The van der Waals surface area contributed by atoms with Crippen LogP contribution in [0.15, 0.2) is 24.4 Å². The smallest absolute Gasteiger partial charge is 0.254 e. The number of hydrogen-bond acceptors (Lipinski definition) is 3. The SMILES string of the molecule is CC(C)Oc1ccc(C(=O)N(C2CC2)C2CCc3[nH]ncc3C2)cc1F. The van der Waals surface area contributed by atoms with Gasteiger partial charge >= 0.3 is 0 Å². The van der Waals surface area contributed by atoms with E-state index in [9.17, 15) is 9.18 Å². The van der Waals surface area contributed by atoms with Gasteiger partial charge in [-0.1, -0.05) is 0 Å². The first-order valence-corrected chi connectivity index (χ1v) is 9.33. The molecular formula is C20H24FN3O2. The Bertz CT molecular complexity index is 813. The Morgan fingerprint density at radius 2 is 2.12 bits per heavy atom. The Kier molecular flexibility index (Phi) is 4.42. The van der Waals surface area contributed by atoms with Crippen molar-refractivity contribution in [1.29, 1.82) is 0 Å². The van der Waals surface area contributed by atoms with Crippen LogP contribution < -0.4 is 4.74 Å². The van der Waals surface area contributed by atoms with Crippen molar-refractivity contribution in [2.75, 3.05) is 0 Å². The first-order chi connectivity index (χ1) is 12.5. The average molecular weight is 357 g/mol. The molecule has 2 aliphatic carbocycles. The van der Waals surface area contributed by atoms with Crippen molar-refractivity contribution >= 4 is 5.91 Å².